The van der Waals surface area contributed by atoms with E-state index in [-0.39, 0.29) is 10.0 Å². The number of hydrogen-bond acceptors (Lipinski definition) is 4. The molecule has 5 nitrogen and oxygen atoms in total. The summed E-state index contributed by atoms with van der Waals surface area (Å²) in [5.41, 5.74) is -0.137. The fourth-order valence-corrected chi connectivity index (χ4v) is 3.69. The van der Waals surface area contributed by atoms with Gasteiger partial charge in [0.25, 0.3) is 15.0 Å². The smallest absolute Gasteiger partial charge is 0.262 e. The van der Waals surface area contributed by atoms with Crippen molar-refractivity contribution in [3.8, 4) is 0 Å². The molecule has 0 aliphatic heterocycles. The summed E-state index contributed by atoms with van der Waals surface area (Å²) >= 11 is 2.96. The van der Waals surface area contributed by atoms with Gasteiger partial charge in [0, 0.05) is 30.9 Å². The lowest BCUT2D eigenvalue weighted by Gasteiger charge is -2.09. The van der Waals surface area contributed by atoms with Crippen molar-refractivity contribution in [2.75, 3.05) is 20.3 Å². The summed E-state index contributed by atoms with van der Waals surface area (Å²) in [4.78, 5) is 11.4. The summed E-state index contributed by atoms with van der Waals surface area (Å²) < 4.78 is 40.7. The molecule has 0 bridgehead atoms. The van der Waals surface area contributed by atoms with Gasteiger partial charge in [-0.05, 0) is 34.5 Å². The highest BCUT2D eigenvalue weighted by Crippen LogP contribution is 2.29. The zero-order valence-corrected chi connectivity index (χ0v) is 13.6. The summed E-state index contributed by atoms with van der Waals surface area (Å²) in [7, 11) is 2.56. The predicted molar refractivity (Wildman–Crippen MR) is 76.0 cm³/mol. The fraction of sp³-hybridized carbons (Fsp3) is 0.364. The molecule has 0 atom stereocenters. The molecular formula is C11H12BrClFNO4S. The third-order valence-electron chi connectivity index (χ3n) is 2.32. The van der Waals surface area contributed by atoms with Crippen molar-refractivity contribution >= 4 is 41.6 Å². The van der Waals surface area contributed by atoms with E-state index >= 15 is 0 Å². The van der Waals surface area contributed by atoms with Crippen LogP contribution in [0.2, 0.25) is 0 Å². The van der Waals surface area contributed by atoms with Gasteiger partial charge in [0.15, 0.2) is 0 Å². The van der Waals surface area contributed by atoms with Crippen molar-refractivity contribution < 1.29 is 22.3 Å². The van der Waals surface area contributed by atoms with Gasteiger partial charge in [-0.2, -0.15) is 0 Å². The Labute approximate surface area is 129 Å². The largest absolute Gasteiger partial charge is 0.385 e. The van der Waals surface area contributed by atoms with Crippen LogP contribution in [0.25, 0.3) is 0 Å². The number of hydrogen-bond donors (Lipinski definition) is 1. The fourth-order valence-electron chi connectivity index (χ4n) is 1.42. The van der Waals surface area contributed by atoms with Gasteiger partial charge in [-0.1, -0.05) is 0 Å². The van der Waals surface area contributed by atoms with E-state index in [4.69, 9.17) is 15.4 Å². The second-order valence-electron chi connectivity index (χ2n) is 3.81. The lowest BCUT2D eigenvalue weighted by molar-refractivity contribution is 0.0947. The van der Waals surface area contributed by atoms with Gasteiger partial charge in [0.1, 0.15) is 10.7 Å². The van der Waals surface area contributed by atoms with E-state index in [2.05, 4.69) is 21.2 Å². The van der Waals surface area contributed by atoms with Crippen LogP contribution in [-0.2, 0) is 13.8 Å². The minimum absolute atomic E-state index is 0.0712. The van der Waals surface area contributed by atoms with Crippen LogP contribution in [0.1, 0.15) is 16.8 Å². The van der Waals surface area contributed by atoms with Crippen LogP contribution in [0.4, 0.5) is 4.39 Å². The summed E-state index contributed by atoms with van der Waals surface area (Å²) in [5, 5.41) is 2.53. The molecule has 0 spiro atoms. The zero-order valence-electron chi connectivity index (χ0n) is 10.5. The van der Waals surface area contributed by atoms with Crippen LogP contribution < -0.4 is 5.32 Å². The first-order valence-corrected chi connectivity index (χ1v) is 8.58. The van der Waals surface area contributed by atoms with Gasteiger partial charge in [-0.3, -0.25) is 4.79 Å². The Morgan fingerprint density at radius 3 is 2.70 bits per heavy atom. The topological polar surface area (TPSA) is 72.5 Å². The minimum Gasteiger partial charge on any atom is -0.385 e. The van der Waals surface area contributed by atoms with Crippen LogP contribution in [0.15, 0.2) is 21.5 Å². The molecule has 0 radical (unpaired) electrons. The molecule has 0 saturated carbocycles. The Balaban J connectivity index is 3.01. The number of rotatable bonds is 6. The van der Waals surface area contributed by atoms with Crippen molar-refractivity contribution in [3.63, 3.8) is 0 Å². The van der Waals surface area contributed by atoms with Crippen molar-refractivity contribution in [2.24, 2.45) is 0 Å². The highest BCUT2D eigenvalue weighted by atomic mass is 79.9. The Morgan fingerprint density at radius 1 is 1.50 bits per heavy atom. The third-order valence-corrected chi connectivity index (χ3v) is 4.78. The number of methoxy groups -OCH3 is 1. The van der Waals surface area contributed by atoms with Gasteiger partial charge in [0.2, 0.25) is 0 Å². The highest BCUT2D eigenvalue weighted by molar-refractivity contribution is 9.10. The lowest BCUT2D eigenvalue weighted by Crippen LogP contribution is -2.26. The van der Waals surface area contributed by atoms with E-state index in [1.807, 2.05) is 0 Å². The monoisotopic (exact) mass is 387 g/mol. The molecule has 1 aromatic carbocycles. The third kappa shape index (κ3) is 4.69. The van der Waals surface area contributed by atoms with E-state index in [1.165, 1.54) is 7.11 Å². The molecule has 0 aliphatic carbocycles. The number of carbonyl (C=O) groups is 1. The van der Waals surface area contributed by atoms with Gasteiger partial charge in [0.05, 0.1) is 10.0 Å². The summed E-state index contributed by atoms with van der Waals surface area (Å²) in [6, 6.07) is 1.68. The standard InChI is InChI=1S/C11H12BrClFNO4S/c1-19-4-2-3-15-11(16)8-5-7(14)6-9(10(8)12)20(13,17)18/h5-6H,2-4H2,1H3,(H,15,16). The molecule has 1 N–H and O–H groups in total. The lowest BCUT2D eigenvalue weighted by atomic mass is 10.2. The number of ether oxygens (including phenoxy) is 1. The van der Waals surface area contributed by atoms with Crippen molar-refractivity contribution in [1.82, 2.24) is 5.32 Å². The molecule has 1 rings (SSSR count). The first-order valence-electron chi connectivity index (χ1n) is 5.48. The van der Waals surface area contributed by atoms with E-state index in [9.17, 15) is 17.6 Å². The zero-order chi connectivity index (χ0) is 15.3. The molecule has 112 valence electrons. The number of amides is 1. The van der Waals surface area contributed by atoms with Crippen LogP contribution in [0, 0.1) is 5.82 Å². The summed E-state index contributed by atoms with van der Waals surface area (Å²) in [5.74, 6) is -1.47. The predicted octanol–water partition coefficient (Wildman–Crippen LogP) is 2.28. The first kappa shape index (κ1) is 17.4. The highest BCUT2D eigenvalue weighted by Gasteiger charge is 2.22. The average Bonchev–Trinajstić information content (AvgIpc) is 2.35. The van der Waals surface area contributed by atoms with Crippen molar-refractivity contribution in [3.05, 3.63) is 28.0 Å². The molecule has 0 unspecified atom stereocenters. The number of carbonyl (C=O) groups excluding carboxylic acids is 1. The van der Waals surface area contributed by atoms with E-state index in [1.54, 1.807) is 0 Å². The molecule has 0 fully saturated rings. The van der Waals surface area contributed by atoms with Crippen molar-refractivity contribution in [2.45, 2.75) is 11.3 Å². The average molecular weight is 389 g/mol. The molecule has 20 heavy (non-hydrogen) atoms. The van der Waals surface area contributed by atoms with Crippen LogP contribution >= 0.6 is 26.6 Å². The minimum atomic E-state index is -4.16. The molecular weight excluding hydrogens is 377 g/mol. The Bertz CT molecular complexity index is 609. The summed E-state index contributed by atoms with van der Waals surface area (Å²) in [6.07, 6.45) is 0.579. The molecule has 9 heteroatoms. The van der Waals surface area contributed by atoms with E-state index in [0.717, 1.165) is 12.1 Å². The Morgan fingerprint density at radius 2 is 2.15 bits per heavy atom. The second kappa shape index (κ2) is 7.35. The number of halogens is 3. The SMILES string of the molecule is COCCCNC(=O)c1cc(F)cc(S(=O)(=O)Cl)c1Br. The molecule has 0 heterocycles. The van der Waals surface area contributed by atoms with Crippen molar-refractivity contribution in [1.29, 1.82) is 0 Å². The maximum atomic E-state index is 13.4. The summed E-state index contributed by atoms with van der Waals surface area (Å²) in [6.45, 7) is 0.782. The van der Waals surface area contributed by atoms with Crippen LogP contribution in [0.5, 0.6) is 0 Å². The molecule has 0 aliphatic rings. The second-order valence-corrected chi connectivity index (χ2v) is 7.13. The van der Waals surface area contributed by atoms with Crippen LogP contribution in [-0.4, -0.2) is 34.6 Å². The van der Waals surface area contributed by atoms with Gasteiger partial charge in [-0.15, -0.1) is 0 Å². The molecule has 0 saturated heterocycles. The number of nitrogens with one attached hydrogen (secondary N) is 1. The van der Waals surface area contributed by atoms with E-state index < -0.39 is 25.7 Å². The molecule has 1 amide bonds. The Hall–Kier alpha value is -0.700. The van der Waals surface area contributed by atoms with E-state index in [0.29, 0.717) is 19.6 Å². The maximum Gasteiger partial charge on any atom is 0.262 e. The quantitative estimate of drug-likeness (QED) is 0.599. The maximum absolute atomic E-state index is 13.4. The molecule has 1 aromatic rings. The van der Waals surface area contributed by atoms with Crippen LogP contribution in [0.3, 0.4) is 0 Å². The normalized spacial score (nSPS) is 11.4. The Kier molecular flexibility index (Phi) is 6.38. The van der Waals surface area contributed by atoms with Gasteiger partial charge in [-0.25, -0.2) is 12.8 Å². The van der Waals surface area contributed by atoms with Gasteiger partial charge < -0.3 is 10.1 Å². The molecule has 0 aromatic heterocycles. The van der Waals surface area contributed by atoms with Gasteiger partial charge >= 0.3 is 0 Å². The number of benzene rings is 1. The first-order chi connectivity index (χ1) is 9.27.